The van der Waals surface area contributed by atoms with Gasteiger partial charge in [0.25, 0.3) is 10.0 Å². The van der Waals surface area contributed by atoms with Crippen LogP contribution in [0.2, 0.25) is 0 Å². The van der Waals surface area contributed by atoms with Gasteiger partial charge < -0.3 is 5.11 Å². The first-order valence-electron chi connectivity index (χ1n) is 6.26. The van der Waals surface area contributed by atoms with E-state index in [4.69, 9.17) is 0 Å². The number of fused-ring (bicyclic) bond motifs is 1. The summed E-state index contributed by atoms with van der Waals surface area (Å²) < 4.78 is 26.5. The summed E-state index contributed by atoms with van der Waals surface area (Å²) in [5.74, 6) is -1.31. The number of carbonyl (C=O) groups is 1. The van der Waals surface area contributed by atoms with Crippen molar-refractivity contribution in [3.05, 3.63) is 46.6 Å². The van der Waals surface area contributed by atoms with Crippen LogP contribution in [-0.4, -0.2) is 34.0 Å². The Bertz CT molecular complexity index is 801. The topological polar surface area (TPSA) is 103 Å². The highest BCUT2D eigenvalue weighted by molar-refractivity contribution is 7.89. The maximum atomic E-state index is 12.6. The summed E-state index contributed by atoms with van der Waals surface area (Å²) in [5.41, 5.74) is 1.76. The van der Waals surface area contributed by atoms with Gasteiger partial charge in [0.15, 0.2) is 0 Å². The zero-order valence-electron chi connectivity index (χ0n) is 11.2. The molecule has 0 atom stereocenters. The van der Waals surface area contributed by atoms with Crippen molar-refractivity contribution in [2.45, 2.75) is 25.0 Å². The van der Waals surface area contributed by atoms with Crippen LogP contribution in [0.15, 0.2) is 29.3 Å². The first-order valence-corrected chi connectivity index (χ1v) is 7.70. The van der Waals surface area contributed by atoms with Gasteiger partial charge in [-0.1, -0.05) is 24.3 Å². The molecular formula is C13H13N3O4S. The summed E-state index contributed by atoms with van der Waals surface area (Å²) in [6.07, 6.45) is 0. The van der Waals surface area contributed by atoms with Gasteiger partial charge in [0.2, 0.25) is 5.03 Å². The summed E-state index contributed by atoms with van der Waals surface area (Å²) in [5, 5.41) is 14.9. The molecule has 2 heterocycles. The molecule has 0 amide bonds. The van der Waals surface area contributed by atoms with E-state index in [2.05, 4.69) is 10.2 Å². The zero-order valence-corrected chi connectivity index (χ0v) is 12.0. The van der Waals surface area contributed by atoms with E-state index >= 15 is 0 Å². The molecule has 0 saturated heterocycles. The molecule has 0 saturated carbocycles. The highest BCUT2D eigenvalue weighted by Gasteiger charge is 2.36. The van der Waals surface area contributed by atoms with Gasteiger partial charge in [-0.25, -0.2) is 13.2 Å². The molecule has 0 fully saturated rings. The van der Waals surface area contributed by atoms with Crippen molar-refractivity contribution in [3.63, 3.8) is 0 Å². The average Bonchev–Trinajstić information content (AvgIpc) is 3.02. The first-order chi connectivity index (χ1) is 9.91. The maximum absolute atomic E-state index is 12.6. The predicted molar refractivity (Wildman–Crippen MR) is 73.2 cm³/mol. The molecule has 0 spiro atoms. The van der Waals surface area contributed by atoms with Gasteiger partial charge in [0.1, 0.15) is 5.56 Å². The third-order valence-corrected chi connectivity index (χ3v) is 5.25. The molecule has 3 rings (SSSR count). The average molecular weight is 307 g/mol. The second-order valence-electron chi connectivity index (χ2n) is 4.88. The van der Waals surface area contributed by atoms with Crippen LogP contribution in [-0.2, 0) is 23.1 Å². The van der Waals surface area contributed by atoms with Crippen LogP contribution in [0, 0.1) is 6.92 Å². The Morgan fingerprint density at radius 2 is 1.86 bits per heavy atom. The minimum Gasteiger partial charge on any atom is -0.478 e. The molecule has 0 bridgehead atoms. The number of aryl methyl sites for hydroxylation is 1. The van der Waals surface area contributed by atoms with E-state index in [-0.39, 0.29) is 24.3 Å². The molecule has 21 heavy (non-hydrogen) atoms. The number of H-pyrrole nitrogens is 1. The predicted octanol–water partition coefficient (Wildman–Crippen LogP) is 1.12. The summed E-state index contributed by atoms with van der Waals surface area (Å²) in [6, 6.07) is 7.41. The lowest BCUT2D eigenvalue weighted by Gasteiger charge is -2.14. The van der Waals surface area contributed by atoms with Gasteiger partial charge in [-0.2, -0.15) is 9.40 Å². The second-order valence-corrected chi connectivity index (χ2v) is 6.73. The SMILES string of the molecule is Cc1[nH]nc(S(=O)(=O)N2Cc3ccccc3C2)c1C(=O)O. The molecule has 0 unspecified atom stereocenters. The monoisotopic (exact) mass is 307 g/mol. The Hall–Kier alpha value is -2.19. The molecule has 0 aliphatic carbocycles. The molecule has 1 aromatic heterocycles. The maximum Gasteiger partial charge on any atom is 0.340 e. The molecule has 1 aliphatic rings. The van der Waals surface area contributed by atoms with E-state index in [0.717, 1.165) is 11.1 Å². The molecule has 2 aromatic rings. The van der Waals surface area contributed by atoms with Crippen molar-refractivity contribution in [3.8, 4) is 0 Å². The van der Waals surface area contributed by atoms with E-state index < -0.39 is 21.0 Å². The third kappa shape index (κ3) is 2.12. The van der Waals surface area contributed by atoms with Crippen LogP contribution in [0.5, 0.6) is 0 Å². The Kier molecular flexibility index (Phi) is 3.07. The first kappa shape index (κ1) is 13.8. The number of aromatic carboxylic acids is 1. The Morgan fingerprint density at radius 3 is 2.38 bits per heavy atom. The zero-order chi connectivity index (χ0) is 15.2. The minimum atomic E-state index is -3.95. The standard InChI is InChI=1S/C13H13N3O4S/c1-8-11(13(17)18)12(15-14-8)21(19,20)16-6-9-4-2-3-5-10(9)7-16/h2-5H,6-7H2,1H3,(H,14,15)(H,17,18). The van der Waals surface area contributed by atoms with Crippen LogP contribution < -0.4 is 0 Å². The lowest BCUT2D eigenvalue weighted by atomic mass is 10.1. The van der Waals surface area contributed by atoms with Gasteiger partial charge in [-0.15, -0.1) is 0 Å². The summed E-state index contributed by atoms with van der Waals surface area (Å²) in [7, 11) is -3.95. The number of carboxylic acid groups (broad SMARTS) is 1. The van der Waals surface area contributed by atoms with E-state index in [1.165, 1.54) is 11.2 Å². The third-order valence-electron chi connectivity index (χ3n) is 3.52. The van der Waals surface area contributed by atoms with Crippen LogP contribution in [0.1, 0.15) is 27.2 Å². The number of carboxylic acids is 1. The number of hydrogen-bond acceptors (Lipinski definition) is 4. The molecule has 110 valence electrons. The normalized spacial score (nSPS) is 15.1. The summed E-state index contributed by atoms with van der Waals surface area (Å²) in [4.78, 5) is 11.2. The largest absolute Gasteiger partial charge is 0.478 e. The number of sulfonamides is 1. The fourth-order valence-electron chi connectivity index (χ4n) is 2.44. The van der Waals surface area contributed by atoms with Gasteiger partial charge in [0, 0.05) is 18.8 Å². The van der Waals surface area contributed by atoms with Gasteiger partial charge in [-0.3, -0.25) is 5.10 Å². The Labute approximate surface area is 121 Å². The van der Waals surface area contributed by atoms with E-state index in [9.17, 15) is 18.3 Å². The molecule has 1 aliphatic heterocycles. The lowest BCUT2D eigenvalue weighted by Crippen LogP contribution is -2.27. The van der Waals surface area contributed by atoms with E-state index in [1.807, 2.05) is 24.3 Å². The smallest absolute Gasteiger partial charge is 0.340 e. The van der Waals surface area contributed by atoms with E-state index in [0.29, 0.717) is 0 Å². The molecule has 7 nitrogen and oxygen atoms in total. The van der Waals surface area contributed by atoms with Crippen molar-refractivity contribution in [1.29, 1.82) is 0 Å². The fraction of sp³-hybridized carbons (Fsp3) is 0.231. The highest BCUT2D eigenvalue weighted by Crippen LogP contribution is 2.29. The molecule has 2 N–H and O–H groups in total. The van der Waals surface area contributed by atoms with Crippen molar-refractivity contribution < 1.29 is 18.3 Å². The Morgan fingerprint density at radius 1 is 1.29 bits per heavy atom. The lowest BCUT2D eigenvalue weighted by molar-refractivity contribution is 0.0691. The number of aromatic amines is 1. The number of benzene rings is 1. The Balaban J connectivity index is 2.02. The number of hydrogen-bond donors (Lipinski definition) is 2. The van der Waals surface area contributed by atoms with E-state index in [1.54, 1.807) is 0 Å². The molecule has 8 heteroatoms. The van der Waals surface area contributed by atoms with Crippen LogP contribution in [0.4, 0.5) is 0 Å². The van der Waals surface area contributed by atoms with Crippen LogP contribution in [0.3, 0.4) is 0 Å². The van der Waals surface area contributed by atoms with Crippen molar-refractivity contribution in [1.82, 2.24) is 14.5 Å². The number of aromatic nitrogens is 2. The van der Waals surface area contributed by atoms with Gasteiger partial charge in [0.05, 0.1) is 0 Å². The fourth-order valence-corrected chi connectivity index (χ4v) is 3.96. The van der Waals surface area contributed by atoms with Gasteiger partial charge in [-0.05, 0) is 18.1 Å². The molecular weight excluding hydrogens is 294 g/mol. The van der Waals surface area contributed by atoms with Crippen molar-refractivity contribution >= 4 is 16.0 Å². The molecule has 0 radical (unpaired) electrons. The minimum absolute atomic E-state index is 0.220. The molecule has 1 aromatic carbocycles. The highest BCUT2D eigenvalue weighted by atomic mass is 32.2. The number of rotatable bonds is 3. The second kappa shape index (κ2) is 4.68. The quantitative estimate of drug-likeness (QED) is 0.884. The summed E-state index contributed by atoms with van der Waals surface area (Å²) in [6.45, 7) is 1.93. The van der Waals surface area contributed by atoms with Gasteiger partial charge >= 0.3 is 5.97 Å². The summed E-state index contributed by atoms with van der Waals surface area (Å²) >= 11 is 0. The van der Waals surface area contributed by atoms with Crippen molar-refractivity contribution in [2.75, 3.05) is 0 Å². The van der Waals surface area contributed by atoms with Crippen LogP contribution >= 0.6 is 0 Å². The van der Waals surface area contributed by atoms with Crippen molar-refractivity contribution in [2.24, 2.45) is 0 Å². The van der Waals surface area contributed by atoms with Crippen LogP contribution in [0.25, 0.3) is 0 Å². The number of nitrogens with one attached hydrogen (secondary N) is 1. The number of nitrogens with zero attached hydrogens (tertiary/aromatic N) is 2.